The Bertz CT molecular complexity index is 328. The zero-order valence-electron chi connectivity index (χ0n) is 11.1. The summed E-state index contributed by atoms with van der Waals surface area (Å²) in [5, 5.41) is 0. The molecule has 0 saturated carbocycles. The van der Waals surface area contributed by atoms with E-state index < -0.39 is 0 Å². The van der Waals surface area contributed by atoms with Crippen LogP contribution in [0.2, 0.25) is 0 Å². The predicted octanol–water partition coefficient (Wildman–Crippen LogP) is 4.30. The molecule has 0 saturated heterocycles. The van der Waals surface area contributed by atoms with Crippen molar-refractivity contribution in [1.82, 2.24) is 0 Å². The van der Waals surface area contributed by atoms with Crippen molar-refractivity contribution in [2.75, 3.05) is 6.61 Å². The zero-order valence-corrected chi connectivity index (χ0v) is 11.1. The number of rotatable bonds is 6. The summed E-state index contributed by atoms with van der Waals surface area (Å²) in [5.41, 5.74) is 4.15. The molecule has 0 aliphatic heterocycles. The Morgan fingerprint density at radius 3 is 2.25 bits per heavy atom. The minimum absolute atomic E-state index is 0.761. The molecule has 1 rings (SSSR count). The van der Waals surface area contributed by atoms with Crippen molar-refractivity contribution in [2.24, 2.45) is 0 Å². The third-order valence-electron chi connectivity index (χ3n) is 2.88. The van der Waals surface area contributed by atoms with E-state index >= 15 is 0 Å². The maximum absolute atomic E-state index is 5.85. The summed E-state index contributed by atoms with van der Waals surface area (Å²) in [6, 6.07) is 4.46. The van der Waals surface area contributed by atoms with E-state index in [1.54, 1.807) is 0 Å². The molecule has 0 atom stereocenters. The molecule has 1 nitrogen and oxygen atoms in total. The molecule has 0 amide bonds. The predicted molar refractivity (Wildman–Crippen MR) is 70.3 cm³/mol. The topological polar surface area (TPSA) is 9.23 Å². The van der Waals surface area contributed by atoms with Crippen molar-refractivity contribution in [1.29, 1.82) is 0 Å². The maximum atomic E-state index is 5.85. The first-order valence-electron chi connectivity index (χ1n) is 6.48. The van der Waals surface area contributed by atoms with Crippen LogP contribution in [0.1, 0.15) is 50.3 Å². The van der Waals surface area contributed by atoms with Gasteiger partial charge in [0.25, 0.3) is 0 Å². The van der Waals surface area contributed by atoms with Gasteiger partial charge in [-0.15, -0.1) is 0 Å². The van der Waals surface area contributed by atoms with Crippen molar-refractivity contribution in [3.63, 3.8) is 0 Å². The maximum Gasteiger partial charge on any atom is 0.125 e. The molecule has 0 unspecified atom stereocenters. The number of hydrogen-bond acceptors (Lipinski definition) is 1. The van der Waals surface area contributed by atoms with Crippen molar-refractivity contribution >= 4 is 0 Å². The summed E-state index contributed by atoms with van der Waals surface area (Å²) in [6.07, 6.45) is 4.59. The SMILES string of the molecule is CCCc1ccc(C)c(CCC)c1OCC. The van der Waals surface area contributed by atoms with E-state index in [9.17, 15) is 0 Å². The lowest BCUT2D eigenvalue weighted by Gasteiger charge is -2.16. The van der Waals surface area contributed by atoms with Gasteiger partial charge in [-0.2, -0.15) is 0 Å². The number of hydrogen-bond donors (Lipinski definition) is 0. The fourth-order valence-corrected chi connectivity index (χ4v) is 2.13. The van der Waals surface area contributed by atoms with Crippen LogP contribution in [0, 0.1) is 6.92 Å². The molecule has 0 aliphatic rings. The molecule has 16 heavy (non-hydrogen) atoms. The molecule has 0 aromatic heterocycles. The molecule has 90 valence electrons. The van der Waals surface area contributed by atoms with Crippen LogP contribution >= 0.6 is 0 Å². The number of ether oxygens (including phenoxy) is 1. The fourth-order valence-electron chi connectivity index (χ4n) is 2.13. The molecule has 0 heterocycles. The van der Waals surface area contributed by atoms with Crippen molar-refractivity contribution in [3.8, 4) is 5.75 Å². The van der Waals surface area contributed by atoms with Gasteiger partial charge in [0.05, 0.1) is 6.61 Å². The van der Waals surface area contributed by atoms with E-state index in [4.69, 9.17) is 4.74 Å². The Hall–Kier alpha value is -0.980. The zero-order chi connectivity index (χ0) is 12.0. The average Bonchev–Trinajstić information content (AvgIpc) is 2.27. The standard InChI is InChI=1S/C15H24O/c1-5-8-13-11-10-12(4)14(9-6-2)15(13)16-7-3/h10-11H,5-9H2,1-4H3. The van der Waals surface area contributed by atoms with Crippen LogP contribution in [0.5, 0.6) is 5.75 Å². The molecular weight excluding hydrogens is 196 g/mol. The summed E-state index contributed by atoms with van der Waals surface area (Å²) in [4.78, 5) is 0. The van der Waals surface area contributed by atoms with Crippen LogP contribution in [0.25, 0.3) is 0 Å². The van der Waals surface area contributed by atoms with E-state index in [0.717, 1.165) is 25.2 Å². The van der Waals surface area contributed by atoms with Gasteiger partial charge in [0.1, 0.15) is 5.75 Å². The van der Waals surface area contributed by atoms with Crippen molar-refractivity contribution in [2.45, 2.75) is 53.4 Å². The van der Waals surface area contributed by atoms with Crippen LogP contribution in [0.3, 0.4) is 0 Å². The van der Waals surface area contributed by atoms with Crippen LogP contribution < -0.4 is 4.74 Å². The number of benzene rings is 1. The van der Waals surface area contributed by atoms with Gasteiger partial charge >= 0.3 is 0 Å². The third kappa shape index (κ3) is 3.01. The molecule has 0 bridgehead atoms. The van der Waals surface area contributed by atoms with E-state index in [-0.39, 0.29) is 0 Å². The molecule has 0 spiro atoms. The largest absolute Gasteiger partial charge is 0.493 e. The van der Waals surface area contributed by atoms with Crippen LogP contribution in [-0.2, 0) is 12.8 Å². The van der Waals surface area contributed by atoms with Crippen LogP contribution in [0.4, 0.5) is 0 Å². The Morgan fingerprint density at radius 1 is 1.00 bits per heavy atom. The summed E-state index contributed by atoms with van der Waals surface area (Å²) in [6.45, 7) is 9.45. The smallest absolute Gasteiger partial charge is 0.125 e. The first-order valence-corrected chi connectivity index (χ1v) is 6.48. The van der Waals surface area contributed by atoms with Gasteiger partial charge in [0.15, 0.2) is 0 Å². The summed E-state index contributed by atoms with van der Waals surface area (Å²) >= 11 is 0. The van der Waals surface area contributed by atoms with Gasteiger partial charge in [-0.3, -0.25) is 0 Å². The first-order chi connectivity index (χ1) is 7.74. The molecule has 0 aliphatic carbocycles. The number of aryl methyl sites for hydroxylation is 2. The highest BCUT2D eigenvalue weighted by atomic mass is 16.5. The quantitative estimate of drug-likeness (QED) is 0.694. The molecule has 1 aromatic rings. The first kappa shape index (κ1) is 13.1. The van der Waals surface area contributed by atoms with E-state index in [1.165, 1.54) is 29.5 Å². The van der Waals surface area contributed by atoms with E-state index in [2.05, 4.69) is 39.8 Å². The highest BCUT2D eigenvalue weighted by molar-refractivity contribution is 5.46. The monoisotopic (exact) mass is 220 g/mol. The van der Waals surface area contributed by atoms with Crippen LogP contribution in [-0.4, -0.2) is 6.61 Å². The molecule has 0 radical (unpaired) electrons. The summed E-state index contributed by atoms with van der Waals surface area (Å²) in [7, 11) is 0. The highest BCUT2D eigenvalue weighted by Crippen LogP contribution is 2.29. The van der Waals surface area contributed by atoms with E-state index in [1.807, 2.05) is 0 Å². The molecular formula is C15H24O. The Balaban J connectivity index is 3.14. The molecule has 0 fully saturated rings. The van der Waals surface area contributed by atoms with Crippen molar-refractivity contribution < 1.29 is 4.74 Å². The average molecular weight is 220 g/mol. The second kappa shape index (κ2) is 6.57. The highest BCUT2D eigenvalue weighted by Gasteiger charge is 2.11. The summed E-state index contributed by atoms with van der Waals surface area (Å²) < 4.78 is 5.85. The second-order valence-electron chi connectivity index (χ2n) is 4.28. The Morgan fingerprint density at radius 2 is 1.69 bits per heavy atom. The molecule has 0 N–H and O–H groups in total. The van der Waals surface area contributed by atoms with E-state index in [0.29, 0.717) is 0 Å². The lowest BCUT2D eigenvalue weighted by atomic mass is 9.97. The van der Waals surface area contributed by atoms with Gasteiger partial charge in [0.2, 0.25) is 0 Å². The van der Waals surface area contributed by atoms with Gasteiger partial charge in [0, 0.05) is 0 Å². The summed E-state index contributed by atoms with van der Waals surface area (Å²) in [5.74, 6) is 1.16. The fraction of sp³-hybridized carbons (Fsp3) is 0.600. The normalized spacial score (nSPS) is 10.5. The minimum atomic E-state index is 0.761. The van der Waals surface area contributed by atoms with Gasteiger partial charge < -0.3 is 4.74 Å². The molecule has 1 heteroatoms. The lowest BCUT2D eigenvalue weighted by molar-refractivity contribution is 0.332. The second-order valence-corrected chi connectivity index (χ2v) is 4.28. The van der Waals surface area contributed by atoms with Gasteiger partial charge in [-0.05, 0) is 43.4 Å². The Kier molecular flexibility index (Phi) is 5.37. The van der Waals surface area contributed by atoms with Gasteiger partial charge in [-0.1, -0.05) is 38.8 Å². The lowest BCUT2D eigenvalue weighted by Crippen LogP contribution is -2.03. The van der Waals surface area contributed by atoms with Crippen molar-refractivity contribution in [3.05, 3.63) is 28.8 Å². The van der Waals surface area contributed by atoms with Gasteiger partial charge in [-0.25, -0.2) is 0 Å². The molecule has 1 aromatic carbocycles. The minimum Gasteiger partial charge on any atom is -0.493 e. The Labute approximate surface area is 99.8 Å². The third-order valence-corrected chi connectivity index (χ3v) is 2.88. The van der Waals surface area contributed by atoms with Crippen LogP contribution in [0.15, 0.2) is 12.1 Å².